The van der Waals surface area contributed by atoms with E-state index >= 15 is 0 Å². The number of benzene rings is 1. The van der Waals surface area contributed by atoms with Gasteiger partial charge in [-0.25, -0.2) is 0 Å². The van der Waals surface area contributed by atoms with E-state index < -0.39 is 11.7 Å². The van der Waals surface area contributed by atoms with Crippen LogP contribution in [0.2, 0.25) is 5.02 Å². The SMILES string of the molecule is CC(C)CN=C(N)c1cc(C(=O)NCCOc2ccc(C(F)(F)F)cc2Cl)ccn1. The number of nitrogens with zero attached hydrogens (tertiary/aromatic N) is 2. The Bertz CT molecular complexity index is 917. The van der Waals surface area contributed by atoms with Crippen molar-refractivity contribution in [3.63, 3.8) is 0 Å². The van der Waals surface area contributed by atoms with E-state index in [1.54, 1.807) is 0 Å². The largest absolute Gasteiger partial charge is 0.490 e. The monoisotopic (exact) mass is 442 g/mol. The fourth-order valence-electron chi connectivity index (χ4n) is 2.30. The van der Waals surface area contributed by atoms with Crippen molar-refractivity contribution in [1.29, 1.82) is 0 Å². The lowest BCUT2D eigenvalue weighted by Gasteiger charge is -2.12. The Labute approximate surface area is 177 Å². The molecule has 0 saturated heterocycles. The van der Waals surface area contributed by atoms with Crippen LogP contribution in [0.15, 0.2) is 41.5 Å². The highest BCUT2D eigenvalue weighted by Gasteiger charge is 2.31. The van der Waals surface area contributed by atoms with Crippen LogP contribution in [-0.2, 0) is 6.18 Å². The number of nitrogens with one attached hydrogen (secondary N) is 1. The van der Waals surface area contributed by atoms with Crippen LogP contribution in [0.5, 0.6) is 5.75 Å². The first kappa shape index (κ1) is 23.5. The van der Waals surface area contributed by atoms with Gasteiger partial charge in [-0.2, -0.15) is 13.2 Å². The van der Waals surface area contributed by atoms with E-state index in [-0.39, 0.29) is 35.7 Å². The Balaban J connectivity index is 1.90. The second-order valence-electron chi connectivity index (χ2n) is 6.80. The van der Waals surface area contributed by atoms with E-state index in [4.69, 9.17) is 22.1 Å². The predicted molar refractivity (Wildman–Crippen MR) is 109 cm³/mol. The topological polar surface area (TPSA) is 89.6 Å². The maximum absolute atomic E-state index is 12.6. The summed E-state index contributed by atoms with van der Waals surface area (Å²) < 4.78 is 43.3. The molecule has 1 aromatic heterocycles. The summed E-state index contributed by atoms with van der Waals surface area (Å²) in [6, 6.07) is 5.87. The van der Waals surface area contributed by atoms with Crippen LogP contribution in [-0.4, -0.2) is 36.4 Å². The summed E-state index contributed by atoms with van der Waals surface area (Å²) in [4.78, 5) is 20.6. The van der Waals surface area contributed by atoms with Gasteiger partial charge in [-0.3, -0.25) is 14.8 Å². The van der Waals surface area contributed by atoms with Crippen molar-refractivity contribution in [3.05, 3.63) is 58.4 Å². The number of hydrogen-bond donors (Lipinski definition) is 2. The van der Waals surface area contributed by atoms with Gasteiger partial charge in [0.2, 0.25) is 0 Å². The van der Waals surface area contributed by atoms with Gasteiger partial charge in [-0.15, -0.1) is 0 Å². The molecule has 0 bridgehead atoms. The molecule has 0 atom stereocenters. The van der Waals surface area contributed by atoms with Crippen LogP contribution >= 0.6 is 11.6 Å². The third kappa shape index (κ3) is 6.91. The van der Waals surface area contributed by atoms with Gasteiger partial charge in [0, 0.05) is 18.3 Å². The van der Waals surface area contributed by atoms with Gasteiger partial charge in [-0.05, 0) is 36.2 Å². The third-order valence-electron chi connectivity index (χ3n) is 3.82. The smallest absolute Gasteiger partial charge is 0.416 e. The number of rotatable bonds is 8. The number of carbonyl (C=O) groups is 1. The second-order valence-corrected chi connectivity index (χ2v) is 7.20. The quantitative estimate of drug-likeness (QED) is 0.368. The van der Waals surface area contributed by atoms with Crippen molar-refractivity contribution in [2.75, 3.05) is 19.7 Å². The van der Waals surface area contributed by atoms with Gasteiger partial charge in [-0.1, -0.05) is 25.4 Å². The zero-order valence-electron chi connectivity index (χ0n) is 16.5. The molecule has 0 fully saturated rings. The molecule has 6 nitrogen and oxygen atoms in total. The lowest BCUT2D eigenvalue weighted by molar-refractivity contribution is -0.137. The lowest BCUT2D eigenvalue weighted by Crippen LogP contribution is -2.28. The van der Waals surface area contributed by atoms with E-state index in [1.807, 2.05) is 13.8 Å². The molecule has 0 spiro atoms. The van der Waals surface area contributed by atoms with E-state index in [1.165, 1.54) is 18.3 Å². The molecule has 0 radical (unpaired) electrons. The molecular weight excluding hydrogens is 421 g/mol. The number of alkyl halides is 3. The van der Waals surface area contributed by atoms with Crippen molar-refractivity contribution in [2.24, 2.45) is 16.6 Å². The van der Waals surface area contributed by atoms with Gasteiger partial charge >= 0.3 is 6.18 Å². The normalized spacial score (nSPS) is 12.2. The van der Waals surface area contributed by atoms with Crippen molar-refractivity contribution < 1.29 is 22.7 Å². The fourth-order valence-corrected chi connectivity index (χ4v) is 2.53. The summed E-state index contributed by atoms with van der Waals surface area (Å²) in [5, 5.41) is 2.48. The lowest BCUT2D eigenvalue weighted by atomic mass is 10.2. The third-order valence-corrected chi connectivity index (χ3v) is 4.11. The van der Waals surface area contributed by atoms with Crippen LogP contribution < -0.4 is 15.8 Å². The molecule has 0 unspecified atom stereocenters. The van der Waals surface area contributed by atoms with Gasteiger partial charge in [0.25, 0.3) is 5.91 Å². The van der Waals surface area contributed by atoms with Crippen molar-refractivity contribution in [3.8, 4) is 5.75 Å². The predicted octanol–water partition coefficient (Wildman–Crippen LogP) is 3.92. The maximum Gasteiger partial charge on any atom is 0.416 e. The Morgan fingerprint density at radius 2 is 2.03 bits per heavy atom. The molecule has 0 aliphatic carbocycles. The van der Waals surface area contributed by atoms with E-state index in [9.17, 15) is 18.0 Å². The standard InChI is InChI=1S/C20H22ClF3N4O2/c1-12(2)11-28-18(25)16-9-13(5-6-26-16)19(29)27-7-8-30-17-4-3-14(10-15(17)21)20(22,23)24/h3-6,9-10,12H,7-8,11H2,1-2H3,(H2,25,28)(H,27,29). The number of aliphatic imine (C=N–C) groups is 1. The van der Waals surface area contributed by atoms with Crippen LogP contribution in [0.25, 0.3) is 0 Å². The summed E-state index contributed by atoms with van der Waals surface area (Å²) in [6.45, 7) is 4.70. The van der Waals surface area contributed by atoms with Gasteiger partial charge in [0.1, 0.15) is 23.9 Å². The molecule has 162 valence electrons. The molecule has 1 amide bonds. The molecule has 2 aromatic rings. The number of amides is 1. The zero-order chi connectivity index (χ0) is 22.3. The summed E-state index contributed by atoms with van der Waals surface area (Å²) in [6.07, 6.45) is -3.02. The Morgan fingerprint density at radius 3 is 2.67 bits per heavy atom. The fraction of sp³-hybridized carbons (Fsp3) is 0.350. The molecule has 1 aromatic carbocycles. The molecule has 1 heterocycles. The number of hydrogen-bond acceptors (Lipinski definition) is 4. The first-order valence-electron chi connectivity index (χ1n) is 9.12. The van der Waals surface area contributed by atoms with Gasteiger partial charge < -0.3 is 15.8 Å². The summed E-state index contributed by atoms with van der Waals surface area (Å²) >= 11 is 5.82. The molecule has 2 rings (SSSR count). The highest BCUT2D eigenvalue weighted by atomic mass is 35.5. The number of pyridine rings is 1. The average Bonchev–Trinajstić information content (AvgIpc) is 2.69. The molecule has 0 aliphatic heterocycles. The van der Waals surface area contributed by atoms with E-state index in [0.29, 0.717) is 23.7 Å². The Hall–Kier alpha value is -2.81. The number of aromatic nitrogens is 1. The molecule has 0 saturated carbocycles. The minimum atomic E-state index is -4.48. The van der Waals surface area contributed by atoms with Crippen LogP contribution in [0.3, 0.4) is 0 Å². The van der Waals surface area contributed by atoms with E-state index in [0.717, 1.165) is 18.2 Å². The zero-order valence-corrected chi connectivity index (χ0v) is 17.2. The van der Waals surface area contributed by atoms with Crippen LogP contribution in [0, 0.1) is 5.92 Å². The molecular formula is C20H22ClF3N4O2. The summed E-state index contributed by atoms with van der Waals surface area (Å²) in [7, 11) is 0. The Morgan fingerprint density at radius 1 is 1.30 bits per heavy atom. The van der Waals surface area contributed by atoms with Crippen molar-refractivity contribution in [2.45, 2.75) is 20.0 Å². The Kier molecular flexibility index (Phi) is 8.05. The van der Waals surface area contributed by atoms with Gasteiger partial charge in [0.15, 0.2) is 0 Å². The first-order valence-corrected chi connectivity index (χ1v) is 9.50. The summed E-state index contributed by atoms with van der Waals surface area (Å²) in [5.41, 5.74) is 5.78. The second kappa shape index (κ2) is 10.3. The molecule has 0 aliphatic rings. The number of ether oxygens (including phenoxy) is 1. The minimum absolute atomic E-state index is 0.0206. The minimum Gasteiger partial charge on any atom is -0.490 e. The number of nitrogens with two attached hydrogens (primary N) is 1. The number of carbonyl (C=O) groups excluding carboxylic acids is 1. The maximum atomic E-state index is 12.6. The van der Waals surface area contributed by atoms with E-state index in [2.05, 4.69) is 15.3 Å². The molecule has 10 heteroatoms. The summed E-state index contributed by atoms with van der Waals surface area (Å²) in [5.74, 6) is 0.309. The number of halogens is 4. The van der Waals surface area contributed by atoms with Crippen LogP contribution in [0.4, 0.5) is 13.2 Å². The van der Waals surface area contributed by atoms with Gasteiger partial charge in [0.05, 0.1) is 17.1 Å². The molecule has 30 heavy (non-hydrogen) atoms. The van der Waals surface area contributed by atoms with Crippen LogP contribution in [0.1, 0.15) is 35.5 Å². The number of amidine groups is 1. The average molecular weight is 443 g/mol. The first-order chi connectivity index (χ1) is 14.1. The highest BCUT2D eigenvalue weighted by Crippen LogP contribution is 2.34. The van der Waals surface area contributed by atoms with Crippen molar-refractivity contribution in [1.82, 2.24) is 10.3 Å². The van der Waals surface area contributed by atoms with Crippen molar-refractivity contribution >= 4 is 23.3 Å². The molecule has 3 N–H and O–H groups in total. The highest BCUT2D eigenvalue weighted by molar-refractivity contribution is 6.32.